The zero-order valence-corrected chi connectivity index (χ0v) is 17.0. The second-order valence-electron chi connectivity index (χ2n) is 7.24. The molecular formula is C20H29N3O6. The van der Waals surface area contributed by atoms with E-state index < -0.39 is 6.09 Å². The van der Waals surface area contributed by atoms with E-state index in [1.807, 2.05) is 25.1 Å². The Balaban J connectivity index is 1.34. The molecule has 2 aliphatic rings. The normalized spacial score (nSPS) is 16.9. The topological polar surface area (TPSA) is 89.6 Å². The maximum atomic E-state index is 12.2. The number of hydrogen-bond donors (Lipinski definition) is 1. The van der Waals surface area contributed by atoms with E-state index in [9.17, 15) is 9.59 Å². The smallest absolute Gasteiger partial charge is 0.412 e. The van der Waals surface area contributed by atoms with Gasteiger partial charge in [-0.2, -0.15) is 0 Å². The van der Waals surface area contributed by atoms with Crippen LogP contribution in [-0.4, -0.2) is 81.3 Å². The fraction of sp³-hybridized carbons (Fsp3) is 0.600. The number of fused-ring (bicyclic) bond motifs is 1. The van der Waals surface area contributed by atoms with Crippen molar-refractivity contribution < 1.29 is 28.5 Å². The Morgan fingerprint density at radius 1 is 1.21 bits per heavy atom. The van der Waals surface area contributed by atoms with Crippen LogP contribution < -0.4 is 14.8 Å². The number of carbonyl (C=O) groups is 2. The van der Waals surface area contributed by atoms with Gasteiger partial charge in [0.15, 0.2) is 11.5 Å². The second-order valence-corrected chi connectivity index (χ2v) is 7.24. The molecule has 29 heavy (non-hydrogen) atoms. The van der Waals surface area contributed by atoms with Crippen molar-refractivity contribution in [3.05, 3.63) is 23.8 Å². The van der Waals surface area contributed by atoms with Gasteiger partial charge in [-0.05, 0) is 31.0 Å². The highest BCUT2D eigenvalue weighted by Gasteiger charge is 2.20. The average molecular weight is 407 g/mol. The van der Waals surface area contributed by atoms with E-state index in [1.165, 1.54) is 4.90 Å². The largest absolute Gasteiger partial charge is 0.454 e. The first-order valence-electron chi connectivity index (χ1n) is 9.89. The summed E-state index contributed by atoms with van der Waals surface area (Å²) in [5, 5.41) is 3.26. The number of nitrogens with one attached hydrogen (secondary N) is 1. The van der Waals surface area contributed by atoms with Gasteiger partial charge in [0, 0.05) is 45.8 Å². The molecule has 1 unspecified atom stereocenters. The highest BCUT2D eigenvalue weighted by Crippen LogP contribution is 2.32. The average Bonchev–Trinajstić information content (AvgIpc) is 3.20. The molecule has 9 heteroatoms. The first-order valence-corrected chi connectivity index (χ1v) is 9.89. The van der Waals surface area contributed by atoms with Gasteiger partial charge < -0.3 is 34.1 Å². The molecule has 0 bridgehead atoms. The molecule has 1 aromatic carbocycles. The zero-order chi connectivity index (χ0) is 20.6. The quantitative estimate of drug-likeness (QED) is 0.508. The Morgan fingerprint density at radius 2 is 1.97 bits per heavy atom. The van der Waals surface area contributed by atoms with Crippen LogP contribution in [0.2, 0.25) is 0 Å². The van der Waals surface area contributed by atoms with E-state index in [0.29, 0.717) is 18.7 Å². The molecule has 0 saturated carbocycles. The second kappa shape index (κ2) is 10.3. The molecule has 1 N–H and O–H groups in total. The van der Waals surface area contributed by atoms with Gasteiger partial charge in [0.1, 0.15) is 0 Å². The Hall–Kier alpha value is -2.52. The van der Waals surface area contributed by atoms with E-state index in [-0.39, 0.29) is 32.0 Å². The lowest BCUT2D eigenvalue weighted by Gasteiger charge is -2.26. The van der Waals surface area contributed by atoms with E-state index in [4.69, 9.17) is 18.9 Å². The molecule has 0 spiro atoms. The van der Waals surface area contributed by atoms with E-state index in [1.54, 1.807) is 7.05 Å². The van der Waals surface area contributed by atoms with Gasteiger partial charge in [0.05, 0.1) is 6.42 Å². The minimum Gasteiger partial charge on any atom is -0.454 e. The Labute approximate surface area is 170 Å². The lowest BCUT2D eigenvalue weighted by atomic mass is 10.1. The van der Waals surface area contributed by atoms with Crippen LogP contribution in [0.3, 0.4) is 0 Å². The van der Waals surface area contributed by atoms with Crippen LogP contribution in [0, 0.1) is 0 Å². The molecule has 1 amide bonds. The molecule has 1 aromatic rings. The molecule has 9 nitrogen and oxygen atoms in total. The predicted molar refractivity (Wildman–Crippen MR) is 105 cm³/mol. The highest BCUT2D eigenvalue weighted by atomic mass is 16.7. The number of ether oxygens (including phenoxy) is 4. The van der Waals surface area contributed by atoms with Crippen molar-refractivity contribution in [3.63, 3.8) is 0 Å². The van der Waals surface area contributed by atoms with Crippen molar-refractivity contribution in [1.29, 1.82) is 0 Å². The van der Waals surface area contributed by atoms with Crippen molar-refractivity contribution in [1.82, 2.24) is 15.1 Å². The van der Waals surface area contributed by atoms with Crippen molar-refractivity contribution in [2.45, 2.75) is 25.8 Å². The fourth-order valence-electron chi connectivity index (χ4n) is 3.23. The highest BCUT2D eigenvalue weighted by molar-refractivity contribution is 5.70. The van der Waals surface area contributed by atoms with Crippen LogP contribution in [0.1, 0.15) is 18.9 Å². The summed E-state index contributed by atoms with van der Waals surface area (Å²) in [5.41, 5.74) is 1.03. The van der Waals surface area contributed by atoms with Gasteiger partial charge in [0.2, 0.25) is 13.6 Å². The van der Waals surface area contributed by atoms with Crippen LogP contribution in [0.15, 0.2) is 18.2 Å². The lowest BCUT2D eigenvalue weighted by Crippen LogP contribution is -2.44. The van der Waals surface area contributed by atoms with E-state index in [0.717, 1.165) is 37.5 Å². The monoisotopic (exact) mass is 407 g/mol. The van der Waals surface area contributed by atoms with Crippen molar-refractivity contribution in [2.24, 2.45) is 0 Å². The van der Waals surface area contributed by atoms with Crippen LogP contribution in [0.25, 0.3) is 0 Å². The number of amides is 1. The number of piperazine rings is 1. The molecule has 0 aromatic heterocycles. The number of rotatable bonds is 8. The van der Waals surface area contributed by atoms with Crippen molar-refractivity contribution >= 4 is 12.1 Å². The number of nitrogens with zero attached hydrogens (tertiary/aromatic N) is 2. The summed E-state index contributed by atoms with van der Waals surface area (Å²) < 4.78 is 20.8. The third-order valence-corrected chi connectivity index (χ3v) is 5.16. The maximum Gasteiger partial charge on any atom is 0.412 e. The predicted octanol–water partition coefficient (Wildman–Crippen LogP) is 1.21. The summed E-state index contributed by atoms with van der Waals surface area (Å²) in [4.78, 5) is 27.7. The van der Waals surface area contributed by atoms with Crippen LogP contribution in [0.5, 0.6) is 11.5 Å². The van der Waals surface area contributed by atoms with E-state index >= 15 is 0 Å². The SMILES string of the molecule is CC(Cc1ccc2c(c1)OCO2)N(C)C(=O)OCOC(=O)CCN1CCNCC1. The van der Waals surface area contributed by atoms with Gasteiger partial charge >= 0.3 is 12.1 Å². The number of esters is 1. The van der Waals surface area contributed by atoms with Crippen LogP contribution in [0.4, 0.5) is 4.79 Å². The first-order chi connectivity index (χ1) is 14.0. The lowest BCUT2D eigenvalue weighted by molar-refractivity contribution is -0.152. The summed E-state index contributed by atoms with van der Waals surface area (Å²) in [7, 11) is 1.66. The van der Waals surface area contributed by atoms with Gasteiger partial charge in [-0.15, -0.1) is 0 Å². The molecule has 3 rings (SSSR count). The Morgan fingerprint density at radius 3 is 2.76 bits per heavy atom. The van der Waals surface area contributed by atoms with Crippen molar-refractivity contribution in [2.75, 3.05) is 53.4 Å². The summed E-state index contributed by atoms with van der Waals surface area (Å²) in [5.74, 6) is 1.08. The number of benzene rings is 1. The van der Waals surface area contributed by atoms with Gasteiger partial charge in [-0.3, -0.25) is 4.79 Å². The number of hydrogen-bond acceptors (Lipinski definition) is 8. The molecule has 1 atom stereocenters. The van der Waals surface area contributed by atoms with Gasteiger partial charge in [-0.25, -0.2) is 4.79 Å². The minimum absolute atomic E-state index is 0.105. The summed E-state index contributed by atoms with van der Waals surface area (Å²) >= 11 is 0. The Kier molecular flexibility index (Phi) is 7.54. The minimum atomic E-state index is -0.534. The zero-order valence-electron chi connectivity index (χ0n) is 17.0. The number of likely N-dealkylation sites (N-methyl/N-ethyl adjacent to an activating group) is 1. The van der Waals surface area contributed by atoms with E-state index in [2.05, 4.69) is 10.2 Å². The van der Waals surface area contributed by atoms with Gasteiger partial charge in [-0.1, -0.05) is 6.07 Å². The standard InChI is InChI=1S/C20H29N3O6/c1-15(11-16-3-4-17-18(12-16)27-13-26-17)22(2)20(25)29-14-28-19(24)5-8-23-9-6-21-7-10-23/h3-4,12,15,21H,5-11,13-14H2,1-2H3. The number of carbonyl (C=O) groups excluding carboxylic acids is 2. The molecule has 1 saturated heterocycles. The summed E-state index contributed by atoms with van der Waals surface area (Å²) in [6.07, 6.45) is 0.383. The maximum absolute atomic E-state index is 12.2. The molecule has 0 radical (unpaired) electrons. The van der Waals surface area contributed by atoms with Crippen LogP contribution in [-0.2, 0) is 20.7 Å². The van der Waals surface area contributed by atoms with Crippen molar-refractivity contribution in [3.8, 4) is 11.5 Å². The molecular weight excluding hydrogens is 378 g/mol. The molecule has 160 valence electrons. The fourth-order valence-corrected chi connectivity index (χ4v) is 3.23. The molecule has 2 aliphatic heterocycles. The Bertz CT molecular complexity index is 707. The summed E-state index contributed by atoms with van der Waals surface area (Å²) in [6.45, 7) is 6.15. The molecule has 0 aliphatic carbocycles. The van der Waals surface area contributed by atoms with Crippen LogP contribution >= 0.6 is 0 Å². The third kappa shape index (κ3) is 6.23. The molecule has 2 heterocycles. The summed E-state index contributed by atoms with van der Waals surface area (Å²) in [6, 6.07) is 5.62. The van der Waals surface area contributed by atoms with Gasteiger partial charge in [0.25, 0.3) is 0 Å². The first kappa shape index (κ1) is 21.2. The third-order valence-electron chi connectivity index (χ3n) is 5.16. The molecule has 1 fully saturated rings.